The van der Waals surface area contributed by atoms with Gasteiger partial charge >= 0.3 is 0 Å². The maximum atomic E-state index is 13.2. The Bertz CT molecular complexity index is 1360. The molecule has 0 radical (unpaired) electrons. The lowest BCUT2D eigenvalue weighted by atomic mass is 10.1. The van der Waals surface area contributed by atoms with Crippen molar-refractivity contribution in [3.05, 3.63) is 72.4 Å². The largest absolute Gasteiger partial charge is 0.454 e. The van der Waals surface area contributed by atoms with Crippen molar-refractivity contribution in [2.24, 2.45) is 7.05 Å². The number of hydrogen-bond donors (Lipinski definition) is 0. The number of anilines is 1. The minimum atomic E-state index is -0.00827. The van der Waals surface area contributed by atoms with E-state index in [1.807, 2.05) is 78.7 Å². The van der Waals surface area contributed by atoms with Crippen LogP contribution in [0.3, 0.4) is 0 Å². The standard InChI is InChI=1S/C26H24N6O3/c1-30-22(16-21(29-30)18-5-3-2-4-6-18)26(33)32-13-11-31(12-14-32)25-10-8-20(27-28-25)19-7-9-23-24(15-19)35-17-34-23/h2-10,15-16H,11-14,17H2,1H3. The van der Waals surface area contributed by atoms with Crippen molar-refractivity contribution >= 4 is 11.7 Å². The van der Waals surface area contributed by atoms with Gasteiger partial charge in [0.15, 0.2) is 17.3 Å². The number of benzene rings is 2. The van der Waals surface area contributed by atoms with Crippen molar-refractivity contribution < 1.29 is 14.3 Å². The maximum Gasteiger partial charge on any atom is 0.272 e. The zero-order chi connectivity index (χ0) is 23.8. The highest BCUT2D eigenvalue weighted by atomic mass is 16.7. The molecule has 1 amide bonds. The highest BCUT2D eigenvalue weighted by Gasteiger charge is 2.26. The van der Waals surface area contributed by atoms with E-state index in [2.05, 4.69) is 20.2 Å². The summed E-state index contributed by atoms with van der Waals surface area (Å²) in [5.41, 5.74) is 4.08. The van der Waals surface area contributed by atoms with Crippen molar-refractivity contribution in [3.8, 4) is 34.0 Å². The second-order valence-corrected chi connectivity index (χ2v) is 8.53. The molecule has 1 saturated heterocycles. The van der Waals surface area contributed by atoms with E-state index in [0.717, 1.165) is 39.8 Å². The van der Waals surface area contributed by atoms with Crippen LogP contribution < -0.4 is 14.4 Å². The summed E-state index contributed by atoms with van der Waals surface area (Å²) >= 11 is 0. The third-order valence-corrected chi connectivity index (χ3v) is 6.38. The predicted molar refractivity (Wildman–Crippen MR) is 130 cm³/mol. The molecule has 0 atom stereocenters. The van der Waals surface area contributed by atoms with E-state index >= 15 is 0 Å². The van der Waals surface area contributed by atoms with Gasteiger partial charge in [0.2, 0.25) is 6.79 Å². The number of piperazine rings is 1. The minimum absolute atomic E-state index is 0.00827. The first-order chi connectivity index (χ1) is 17.2. The van der Waals surface area contributed by atoms with E-state index in [0.29, 0.717) is 31.9 Å². The molecule has 0 bridgehead atoms. The van der Waals surface area contributed by atoms with Gasteiger partial charge in [-0.2, -0.15) is 5.10 Å². The van der Waals surface area contributed by atoms with Crippen LogP contribution in [-0.2, 0) is 7.05 Å². The molecule has 1 fully saturated rings. The molecule has 0 N–H and O–H groups in total. The fraction of sp³-hybridized carbons (Fsp3) is 0.231. The highest BCUT2D eigenvalue weighted by Crippen LogP contribution is 2.35. The molecule has 4 aromatic rings. The molecule has 9 heteroatoms. The molecular weight excluding hydrogens is 444 g/mol. The van der Waals surface area contributed by atoms with E-state index in [1.165, 1.54) is 0 Å². The van der Waals surface area contributed by atoms with Gasteiger partial charge in [0, 0.05) is 44.4 Å². The normalized spacial score (nSPS) is 14.9. The van der Waals surface area contributed by atoms with Crippen molar-refractivity contribution in [1.29, 1.82) is 0 Å². The smallest absolute Gasteiger partial charge is 0.272 e. The summed E-state index contributed by atoms with van der Waals surface area (Å²) < 4.78 is 12.5. The van der Waals surface area contributed by atoms with Gasteiger partial charge in [-0.3, -0.25) is 9.48 Å². The van der Waals surface area contributed by atoms with Crippen LogP contribution in [0.2, 0.25) is 0 Å². The maximum absolute atomic E-state index is 13.2. The monoisotopic (exact) mass is 468 g/mol. The summed E-state index contributed by atoms with van der Waals surface area (Å²) in [7, 11) is 1.81. The van der Waals surface area contributed by atoms with Crippen LogP contribution in [0.15, 0.2) is 66.7 Å². The second-order valence-electron chi connectivity index (χ2n) is 8.53. The Kier molecular flexibility index (Phi) is 5.29. The summed E-state index contributed by atoms with van der Waals surface area (Å²) in [5.74, 6) is 2.26. The Morgan fingerprint density at radius 1 is 0.800 bits per heavy atom. The van der Waals surface area contributed by atoms with Gasteiger partial charge in [-0.1, -0.05) is 30.3 Å². The number of aryl methyl sites for hydroxylation is 1. The summed E-state index contributed by atoms with van der Waals surface area (Å²) in [6, 6.07) is 21.4. The van der Waals surface area contributed by atoms with Gasteiger partial charge in [0.05, 0.1) is 11.4 Å². The molecule has 0 aliphatic carbocycles. The van der Waals surface area contributed by atoms with E-state index in [4.69, 9.17) is 9.47 Å². The lowest BCUT2D eigenvalue weighted by Crippen LogP contribution is -2.49. The minimum Gasteiger partial charge on any atom is -0.454 e. The first kappa shape index (κ1) is 21.2. The van der Waals surface area contributed by atoms with Gasteiger partial charge < -0.3 is 19.3 Å². The van der Waals surface area contributed by atoms with Gasteiger partial charge in [-0.15, -0.1) is 10.2 Å². The number of aromatic nitrogens is 4. The van der Waals surface area contributed by atoms with Crippen LogP contribution in [0.4, 0.5) is 5.82 Å². The van der Waals surface area contributed by atoms with E-state index in [1.54, 1.807) is 4.68 Å². The molecule has 2 aromatic heterocycles. The lowest BCUT2D eigenvalue weighted by molar-refractivity contribution is 0.0735. The van der Waals surface area contributed by atoms with Crippen LogP contribution in [0.1, 0.15) is 10.5 Å². The van der Waals surface area contributed by atoms with Gasteiger partial charge in [0.25, 0.3) is 5.91 Å². The number of carbonyl (C=O) groups is 1. The van der Waals surface area contributed by atoms with Gasteiger partial charge in [-0.25, -0.2) is 0 Å². The molecule has 2 aliphatic heterocycles. The summed E-state index contributed by atoms with van der Waals surface area (Å²) in [5, 5.41) is 13.4. The van der Waals surface area contributed by atoms with E-state index in [9.17, 15) is 4.79 Å². The number of ether oxygens (including phenoxy) is 2. The number of rotatable bonds is 4. The third-order valence-electron chi connectivity index (χ3n) is 6.38. The van der Waals surface area contributed by atoms with Crippen molar-refractivity contribution in [3.63, 3.8) is 0 Å². The summed E-state index contributed by atoms with van der Waals surface area (Å²) in [4.78, 5) is 17.2. The first-order valence-electron chi connectivity index (χ1n) is 11.5. The Labute approximate surface area is 202 Å². The van der Waals surface area contributed by atoms with Gasteiger partial charge in [-0.05, 0) is 36.4 Å². The van der Waals surface area contributed by atoms with E-state index < -0.39 is 0 Å². The van der Waals surface area contributed by atoms with Crippen LogP contribution in [-0.4, -0.2) is 63.8 Å². The SMILES string of the molecule is Cn1nc(-c2ccccc2)cc1C(=O)N1CCN(c2ccc(-c3ccc4c(c3)OCO4)nn2)CC1. The summed E-state index contributed by atoms with van der Waals surface area (Å²) in [6.07, 6.45) is 0. The Morgan fingerprint density at radius 3 is 2.37 bits per heavy atom. The summed E-state index contributed by atoms with van der Waals surface area (Å²) in [6.45, 7) is 2.83. The average molecular weight is 469 g/mol. The van der Waals surface area contributed by atoms with Crippen LogP contribution in [0.25, 0.3) is 22.5 Å². The van der Waals surface area contributed by atoms with Crippen LogP contribution >= 0.6 is 0 Å². The van der Waals surface area contributed by atoms with Crippen molar-refractivity contribution in [2.75, 3.05) is 37.9 Å². The fourth-order valence-corrected chi connectivity index (χ4v) is 4.42. The lowest BCUT2D eigenvalue weighted by Gasteiger charge is -2.35. The Morgan fingerprint density at radius 2 is 1.60 bits per heavy atom. The average Bonchev–Trinajstić information content (AvgIpc) is 3.55. The molecule has 0 spiro atoms. The molecule has 0 unspecified atom stereocenters. The van der Waals surface area contributed by atoms with Crippen LogP contribution in [0, 0.1) is 0 Å². The second kappa shape index (κ2) is 8.75. The van der Waals surface area contributed by atoms with Crippen LogP contribution in [0.5, 0.6) is 11.5 Å². The van der Waals surface area contributed by atoms with Crippen molar-refractivity contribution in [2.45, 2.75) is 0 Å². The molecule has 176 valence electrons. The third kappa shape index (κ3) is 4.05. The topological polar surface area (TPSA) is 85.6 Å². The molecular formula is C26H24N6O3. The zero-order valence-corrected chi connectivity index (χ0v) is 19.3. The Hall–Kier alpha value is -4.40. The molecule has 6 rings (SSSR count). The number of hydrogen-bond acceptors (Lipinski definition) is 7. The zero-order valence-electron chi connectivity index (χ0n) is 19.3. The first-order valence-corrected chi connectivity index (χ1v) is 11.5. The Balaban J connectivity index is 1.11. The van der Waals surface area contributed by atoms with E-state index in [-0.39, 0.29) is 12.7 Å². The predicted octanol–water partition coefficient (Wildman–Crippen LogP) is 3.24. The van der Waals surface area contributed by atoms with Crippen molar-refractivity contribution in [1.82, 2.24) is 24.9 Å². The quantitative estimate of drug-likeness (QED) is 0.455. The number of amides is 1. The molecule has 9 nitrogen and oxygen atoms in total. The molecule has 2 aromatic carbocycles. The number of carbonyl (C=O) groups excluding carboxylic acids is 1. The number of fused-ring (bicyclic) bond motifs is 1. The number of nitrogens with zero attached hydrogens (tertiary/aromatic N) is 6. The molecule has 35 heavy (non-hydrogen) atoms. The molecule has 4 heterocycles. The molecule has 2 aliphatic rings. The van der Waals surface area contributed by atoms with Gasteiger partial charge in [0.1, 0.15) is 5.69 Å². The highest BCUT2D eigenvalue weighted by molar-refractivity contribution is 5.94. The molecule has 0 saturated carbocycles. The fourth-order valence-electron chi connectivity index (χ4n) is 4.42.